The summed E-state index contributed by atoms with van der Waals surface area (Å²) in [5.74, 6) is -1.53. The van der Waals surface area contributed by atoms with Crippen LogP contribution in [0.5, 0.6) is 5.75 Å². The number of amides is 3. The number of methoxy groups -OCH3 is 1. The van der Waals surface area contributed by atoms with E-state index in [0.717, 1.165) is 4.90 Å². The Morgan fingerprint density at radius 1 is 0.844 bits per heavy atom. The summed E-state index contributed by atoms with van der Waals surface area (Å²) in [6.07, 6.45) is 0. The van der Waals surface area contributed by atoms with Gasteiger partial charge in [-0.05, 0) is 24.3 Å². The molecule has 0 saturated heterocycles. The maximum absolute atomic E-state index is 13.2. The second-order valence-corrected chi connectivity index (χ2v) is 8.17. The average Bonchev–Trinajstić information content (AvgIpc) is 3.06. The zero-order valence-corrected chi connectivity index (χ0v) is 19.2. The van der Waals surface area contributed by atoms with Crippen molar-refractivity contribution in [2.75, 3.05) is 17.3 Å². The molecular formula is C22H12Cl4N2O4. The van der Waals surface area contributed by atoms with Gasteiger partial charge in [0.1, 0.15) is 5.75 Å². The fourth-order valence-corrected chi connectivity index (χ4v) is 4.34. The van der Waals surface area contributed by atoms with Gasteiger partial charge in [0.15, 0.2) is 0 Å². The van der Waals surface area contributed by atoms with Gasteiger partial charge in [0.25, 0.3) is 17.7 Å². The molecule has 0 aromatic heterocycles. The monoisotopic (exact) mass is 508 g/mol. The van der Waals surface area contributed by atoms with Crippen LogP contribution in [0.3, 0.4) is 0 Å². The predicted octanol–water partition coefficient (Wildman–Crippen LogP) is 6.36. The van der Waals surface area contributed by atoms with Gasteiger partial charge in [-0.15, -0.1) is 0 Å². The molecule has 0 radical (unpaired) electrons. The van der Waals surface area contributed by atoms with Crippen molar-refractivity contribution in [2.45, 2.75) is 0 Å². The Balaban J connectivity index is 1.77. The molecule has 0 saturated carbocycles. The number of anilines is 2. The summed E-state index contributed by atoms with van der Waals surface area (Å²) < 4.78 is 5.16. The normalized spacial score (nSPS) is 12.7. The molecule has 4 rings (SSSR count). The number of hydrogen-bond acceptors (Lipinski definition) is 4. The van der Waals surface area contributed by atoms with Gasteiger partial charge in [0, 0.05) is 11.8 Å². The van der Waals surface area contributed by atoms with Gasteiger partial charge in [0.05, 0.1) is 49.6 Å². The van der Waals surface area contributed by atoms with Gasteiger partial charge >= 0.3 is 0 Å². The molecule has 10 heteroatoms. The molecule has 0 fully saturated rings. The number of halogens is 4. The summed E-state index contributed by atoms with van der Waals surface area (Å²) in [5, 5.41) is 2.09. The van der Waals surface area contributed by atoms with E-state index in [9.17, 15) is 14.4 Å². The molecule has 0 spiro atoms. The van der Waals surface area contributed by atoms with Gasteiger partial charge in [-0.3, -0.25) is 14.4 Å². The Bertz CT molecular complexity index is 1260. The summed E-state index contributed by atoms with van der Waals surface area (Å²) in [7, 11) is 1.51. The zero-order valence-electron chi connectivity index (χ0n) is 16.2. The van der Waals surface area contributed by atoms with Crippen molar-refractivity contribution in [3.8, 4) is 5.75 Å². The van der Waals surface area contributed by atoms with Crippen LogP contribution in [0.2, 0.25) is 20.1 Å². The van der Waals surface area contributed by atoms with E-state index in [4.69, 9.17) is 51.1 Å². The topological polar surface area (TPSA) is 75.7 Å². The molecule has 0 bridgehead atoms. The van der Waals surface area contributed by atoms with Crippen LogP contribution in [-0.4, -0.2) is 24.8 Å². The molecule has 0 unspecified atom stereocenters. The number of nitrogens with zero attached hydrogens (tertiary/aromatic N) is 1. The number of imide groups is 1. The third-order valence-electron chi connectivity index (χ3n) is 4.82. The molecule has 6 nitrogen and oxygen atoms in total. The first kappa shape index (κ1) is 22.4. The number of rotatable bonds is 4. The number of fused-ring (bicyclic) bond motifs is 1. The molecule has 0 atom stereocenters. The lowest BCUT2D eigenvalue weighted by Crippen LogP contribution is -2.31. The van der Waals surface area contributed by atoms with Crippen molar-refractivity contribution < 1.29 is 19.1 Å². The van der Waals surface area contributed by atoms with Crippen molar-refractivity contribution in [3.05, 3.63) is 85.3 Å². The molecule has 1 heterocycles. The molecule has 3 aromatic rings. The minimum absolute atomic E-state index is 0.0541. The van der Waals surface area contributed by atoms with Crippen molar-refractivity contribution in [3.63, 3.8) is 0 Å². The van der Waals surface area contributed by atoms with E-state index >= 15 is 0 Å². The first-order valence-corrected chi connectivity index (χ1v) is 10.6. The fourth-order valence-electron chi connectivity index (χ4n) is 3.33. The molecule has 162 valence electrons. The van der Waals surface area contributed by atoms with Crippen LogP contribution in [0, 0.1) is 0 Å². The van der Waals surface area contributed by atoms with Crippen LogP contribution in [0.4, 0.5) is 11.4 Å². The Morgan fingerprint density at radius 3 is 2.03 bits per heavy atom. The SMILES string of the molecule is COc1cccc(NC(=O)c2ccccc2N2C(=O)c3c(Cl)c(Cl)c(Cl)c(Cl)c3C2=O)c1. The van der Waals surface area contributed by atoms with E-state index in [1.807, 2.05) is 0 Å². The van der Waals surface area contributed by atoms with Gasteiger partial charge in [-0.2, -0.15) is 0 Å². The highest BCUT2D eigenvalue weighted by Gasteiger charge is 2.43. The summed E-state index contributed by atoms with van der Waals surface area (Å²) in [6.45, 7) is 0. The van der Waals surface area contributed by atoms with E-state index in [1.54, 1.807) is 36.4 Å². The predicted molar refractivity (Wildman–Crippen MR) is 125 cm³/mol. The Labute approximate surface area is 202 Å². The molecule has 1 N–H and O–H groups in total. The van der Waals surface area contributed by atoms with Crippen molar-refractivity contribution in [1.82, 2.24) is 0 Å². The first-order chi connectivity index (χ1) is 15.3. The number of ether oxygens (including phenoxy) is 1. The summed E-state index contributed by atoms with van der Waals surface area (Å²) in [6, 6.07) is 12.9. The lowest BCUT2D eigenvalue weighted by molar-refractivity contribution is 0.0926. The Morgan fingerprint density at radius 2 is 1.44 bits per heavy atom. The van der Waals surface area contributed by atoms with Gasteiger partial charge in [-0.1, -0.05) is 64.6 Å². The quantitative estimate of drug-likeness (QED) is 0.252. The van der Waals surface area contributed by atoms with E-state index in [2.05, 4.69) is 5.32 Å². The van der Waals surface area contributed by atoms with E-state index in [-0.39, 0.29) is 42.5 Å². The lowest BCUT2D eigenvalue weighted by Gasteiger charge is -2.18. The largest absolute Gasteiger partial charge is 0.497 e. The highest BCUT2D eigenvalue weighted by atomic mass is 35.5. The summed E-state index contributed by atoms with van der Waals surface area (Å²) in [5.41, 5.74) is 0.266. The molecule has 32 heavy (non-hydrogen) atoms. The van der Waals surface area contributed by atoms with Crippen LogP contribution >= 0.6 is 46.4 Å². The zero-order chi connectivity index (χ0) is 23.2. The van der Waals surface area contributed by atoms with Gasteiger partial charge < -0.3 is 10.1 Å². The Kier molecular flexibility index (Phi) is 6.05. The molecule has 3 aromatic carbocycles. The fraction of sp³-hybridized carbons (Fsp3) is 0.0455. The van der Waals surface area contributed by atoms with E-state index < -0.39 is 17.7 Å². The third kappa shape index (κ3) is 3.59. The molecule has 3 amide bonds. The Hall–Kier alpha value is -2.77. The molecule has 1 aliphatic rings. The molecule has 1 aliphatic heterocycles. The van der Waals surface area contributed by atoms with Crippen molar-refractivity contribution in [1.29, 1.82) is 0 Å². The number of carbonyl (C=O) groups is 3. The maximum atomic E-state index is 13.2. The summed E-state index contributed by atoms with van der Waals surface area (Å²) >= 11 is 24.5. The average molecular weight is 510 g/mol. The number of hydrogen-bond donors (Lipinski definition) is 1. The lowest BCUT2D eigenvalue weighted by atomic mass is 10.1. The molecular weight excluding hydrogens is 498 g/mol. The second-order valence-electron chi connectivity index (χ2n) is 6.65. The van der Waals surface area contributed by atoms with Crippen LogP contribution in [0.25, 0.3) is 0 Å². The van der Waals surface area contributed by atoms with Crippen molar-refractivity contribution >= 4 is 75.5 Å². The first-order valence-electron chi connectivity index (χ1n) is 9.05. The molecule has 0 aliphatic carbocycles. The smallest absolute Gasteiger partial charge is 0.267 e. The van der Waals surface area contributed by atoms with Crippen LogP contribution in [0.15, 0.2) is 48.5 Å². The van der Waals surface area contributed by atoms with E-state index in [1.165, 1.54) is 19.2 Å². The van der Waals surface area contributed by atoms with E-state index in [0.29, 0.717) is 11.4 Å². The van der Waals surface area contributed by atoms with Crippen LogP contribution in [-0.2, 0) is 0 Å². The van der Waals surface area contributed by atoms with Gasteiger partial charge in [-0.25, -0.2) is 4.90 Å². The van der Waals surface area contributed by atoms with Gasteiger partial charge in [0.2, 0.25) is 0 Å². The maximum Gasteiger partial charge on any atom is 0.267 e. The third-order valence-corrected chi connectivity index (χ3v) is 6.62. The minimum atomic E-state index is -0.767. The summed E-state index contributed by atoms with van der Waals surface area (Å²) in [4.78, 5) is 40.2. The standard InChI is InChI=1S/C22H12Cl4N2O4/c1-32-11-6-4-5-10(9-11)27-20(29)12-7-2-3-8-13(12)28-21(30)14-15(22(28)31)17(24)19(26)18(25)16(14)23/h2-9H,1H3,(H,27,29). The number of carbonyl (C=O) groups excluding carboxylic acids is 3. The second kappa shape index (κ2) is 8.64. The highest BCUT2D eigenvalue weighted by Crippen LogP contribution is 2.46. The van der Waals surface area contributed by atoms with Crippen molar-refractivity contribution in [2.24, 2.45) is 0 Å². The minimum Gasteiger partial charge on any atom is -0.497 e. The van der Waals surface area contributed by atoms with Crippen LogP contribution < -0.4 is 15.0 Å². The van der Waals surface area contributed by atoms with Crippen LogP contribution in [0.1, 0.15) is 31.1 Å². The number of nitrogens with one attached hydrogen (secondary N) is 1. The number of benzene rings is 3. The highest BCUT2D eigenvalue weighted by molar-refractivity contribution is 6.56. The number of para-hydroxylation sites is 1.